The summed E-state index contributed by atoms with van der Waals surface area (Å²) in [4.78, 5) is 12.5. The lowest BCUT2D eigenvalue weighted by molar-refractivity contribution is -0.138. The summed E-state index contributed by atoms with van der Waals surface area (Å²) in [5.41, 5.74) is -2.47. The number of nitriles is 2. The lowest BCUT2D eigenvalue weighted by Crippen LogP contribution is -2.43. The second-order valence-corrected chi connectivity index (χ2v) is 7.09. The summed E-state index contributed by atoms with van der Waals surface area (Å²) < 4.78 is 40.5. The second kappa shape index (κ2) is 8.49. The lowest BCUT2D eigenvalue weighted by atomic mass is 10.0. The number of rotatable bonds is 5. The van der Waals surface area contributed by atoms with Gasteiger partial charge in [0.05, 0.1) is 41.6 Å². The average molecular weight is 440 g/mol. The molecule has 0 fully saturated rings. The standard InChI is InChI=1S/C21H15F3N6O2/c1-20(32,12-30-11-18(28-29-30)14-4-2-13(9-25)3-5-14)19(31)27-16-7-6-15(10-26)17(8-16)21(22,23)24/h2-8,11,32H,12H2,1H3,(H,27,31)/t20-/m0/s1. The highest BCUT2D eigenvalue weighted by molar-refractivity contribution is 5.96. The van der Waals surface area contributed by atoms with Crippen LogP contribution in [0.25, 0.3) is 11.3 Å². The van der Waals surface area contributed by atoms with Gasteiger partial charge in [0.25, 0.3) is 5.91 Å². The van der Waals surface area contributed by atoms with Crippen LogP contribution in [0.2, 0.25) is 0 Å². The predicted octanol–water partition coefficient (Wildman–Crippen LogP) is 3.10. The molecule has 0 radical (unpaired) electrons. The Hall–Kier alpha value is -4.22. The van der Waals surface area contributed by atoms with E-state index in [2.05, 4.69) is 15.6 Å². The van der Waals surface area contributed by atoms with Crippen LogP contribution in [0.4, 0.5) is 18.9 Å². The quantitative estimate of drug-likeness (QED) is 0.628. The molecule has 1 amide bonds. The molecule has 0 unspecified atom stereocenters. The van der Waals surface area contributed by atoms with Crippen LogP contribution in [0, 0.1) is 22.7 Å². The Morgan fingerprint density at radius 2 is 1.84 bits per heavy atom. The smallest absolute Gasteiger partial charge is 0.378 e. The van der Waals surface area contributed by atoms with Crippen LogP contribution in [0.15, 0.2) is 48.7 Å². The highest BCUT2D eigenvalue weighted by atomic mass is 19.4. The first-order valence-electron chi connectivity index (χ1n) is 9.09. The van der Waals surface area contributed by atoms with Crippen molar-refractivity contribution < 1.29 is 23.1 Å². The zero-order chi connectivity index (χ0) is 23.5. The van der Waals surface area contributed by atoms with Crippen LogP contribution >= 0.6 is 0 Å². The first-order valence-corrected chi connectivity index (χ1v) is 9.09. The van der Waals surface area contributed by atoms with E-state index in [0.717, 1.165) is 12.1 Å². The Morgan fingerprint density at radius 1 is 1.16 bits per heavy atom. The molecule has 0 saturated carbocycles. The van der Waals surface area contributed by atoms with Crippen LogP contribution in [0.3, 0.4) is 0 Å². The molecule has 0 aliphatic heterocycles. The molecule has 3 rings (SSSR count). The Bertz CT molecular complexity index is 1230. The number of carbonyl (C=O) groups is 1. The number of amides is 1. The molecule has 8 nitrogen and oxygen atoms in total. The Kier molecular flexibility index (Phi) is 5.96. The highest BCUT2D eigenvalue weighted by Crippen LogP contribution is 2.33. The van der Waals surface area contributed by atoms with Crippen molar-refractivity contribution in [1.82, 2.24) is 15.0 Å². The molecule has 2 N–H and O–H groups in total. The monoisotopic (exact) mass is 440 g/mol. The van der Waals surface area contributed by atoms with E-state index in [0.29, 0.717) is 22.9 Å². The number of nitrogens with zero attached hydrogens (tertiary/aromatic N) is 5. The molecule has 32 heavy (non-hydrogen) atoms. The molecular formula is C21H15F3N6O2. The summed E-state index contributed by atoms with van der Waals surface area (Å²) in [6.45, 7) is 0.851. The van der Waals surface area contributed by atoms with E-state index in [1.807, 2.05) is 6.07 Å². The number of halogens is 3. The summed E-state index contributed by atoms with van der Waals surface area (Å²) in [5, 5.41) is 38.3. The van der Waals surface area contributed by atoms with Crippen LogP contribution in [-0.2, 0) is 17.5 Å². The maximum absolute atomic E-state index is 13.1. The number of benzene rings is 2. The van der Waals surface area contributed by atoms with E-state index in [-0.39, 0.29) is 12.2 Å². The summed E-state index contributed by atoms with van der Waals surface area (Å²) >= 11 is 0. The second-order valence-electron chi connectivity index (χ2n) is 7.09. The summed E-state index contributed by atoms with van der Waals surface area (Å²) in [6, 6.07) is 12.7. The van der Waals surface area contributed by atoms with E-state index in [1.165, 1.54) is 23.9 Å². The van der Waals surface area contributed by atoms with Crippen LogP contribution in [-0.4, -0.2) is 31.6 Å². The maximum Gasteiger partial charge on any atom is 0.417 e. The van der Waals surface area contributed by atoms with Gasteiger partial charge in [-0.05, 0) is 37.3 Å². The van der Waals surface area contributed by atoms with E-state index in [4.69, 9.17) is 10.5 Å². The fourth-order valence-electron chi connectivity index (χ4n) is 2.83. The number of carbonyl (C=O) groups excluding carboxylic acids is 1. The maximum atomic E-state index is 13.1. The van der Waals surface area contributed by atoms with Gasteiger partial charge in [-0.15, -0.1) is 5.10 Å². The number of alkyl halides is 3. The molecule has 3 aromatic rings. The third kappa shape index (κ3) is 4.91. The van der Waals surface area contributed by atoms with Crippen molar-refractivity contribution in [3.63, 3.8) is 0 Å². The summed E-state index contributed by atoms with van der Waals surface area (Å²) in [5.74, 6) is -0.967. The SMILES string of the molecule is C[C@](O)(Cn1cc(-c2ccc(C#N)cc2)nn1)C(=O)Nc1ccc(C#N)c(C(F)(F)F)c1. The predicted molar refractivity (Wildman–Crippen MR) is 106 cm³/mol. The van der Waals surface area contributed by atoms with Gasteiger partial charge in [0.1, 0.15) is 5.69 Å². The first-order chi connectivity index (χ1) is 15.0. The Balaban J connectivity index is 1.75. The normalized spacial score (nSPS) is 13.0. The molecule has 162 valence electrons. The summed E-state index contributed by atoms with van der Waals surface area (Å²) in [7, 11) is 0. The topological polar surface area (TPSA) is 128 Å². The minimum absolute atomic E-state index is 0.224. The Morgan fingerprint density at radius 3 is 2.44 bits per heavy atom. The third-order valence-corrected chi connectivity index (χ3v) is 4.51. The molecular weight excluding hydrogens is 425 g/mol. The number of anilines is 1. The van der Waals surface area contributed by atoms with Crippen molar-refractivity contribution in [2.24, 2.45) is 0 Å². The van der Waals surface area contributed by atoms with Crippen molar-refractivity contribution >= 4 is 11.6 Å². The van der Waals surface area contributed by atoms with Crippen molar-refractivity contribution in [1.29, 1.82) is 10.5 Å². The van der Waals surface area contributed by atoms with E-state index in [9.17, 15) is 23.1 Å². The van der Waals surface area contributed by atoms with Gasteiger partial charge >= 0.3 is 6.18 Å². The third-order valence-electron chi connectivity index (χ3n) is 4.51. The van der Waals surface area contributed by atoms with Crippen LogP contribution < -0.4 is 5.32 Å². The Labute approximate surface area is 180 Å². The van der Waals surface area contributed by atoms with Crippen molar-refractivity contribution in [2.75, 3.05) is 5.32 Å². The van der Waals surface area contributed by atoms with Crippen LogP contribution in [0.1, 0.15) is 23.6 Å². The van der Waals surface area contributed by atoms with E-state index >= 15 is 0 Å². The van der Waals surface area contributed by atoms with Gasteiger partial charge in [0.2, 0.25) is 0 Å². The molecule has 0 aliphatic rings. The number of aliphatic hydroxyl groups is 1. The molecule has 1 aromatic heterocycles. The van der Waals surface area contributed by atoms with Crippen molar-refractivity contribution in [2.45, 2.75) is 25.2 Å². The fraction of sp³-hybridized carbons (Fsp3) is 0.190. The number of nitrogens with one attached hydrogen (secondary N) is 1. The first kappa shape index (κ1) is 22.5. The van der Waals surface area contributed by atoms with Gasteiger partial charge in [-0.2, -0.15) is 23.7 Å². The van der Waals surface area contributed by atoms with E-state index < -0.39 is 28.8 Å². The molecule has 0 saturated heterocycles. The molecule has 2 aromatic carbocycles. The van der Waals surface area contributed by atoms with Crippen molar-refractivity contribution in [3.05, 3.63) is 65.4 Å². The summed E-state index contributed by atoms with van der Waals surface area (Å²) in [6.07, 6.45) is -3.30. The fourth-order valence-corrected chi connectivity index (χ4v) is 2.83. The zero-order valence-electron chi connectivity index (χ0n) is 16.6. The van der Waals surface area contributed by atoms with Gasteiger partial charge in [-0.1, -0.05) is 17.3 Å². The molecule has 11 heteroatoms. The molecule has 1 atom stereocenters. The molecule has 0 aliphatic carbocycles. The molecule has 0 bridgehead atoms. The van der Waals surface area contributed by atoms with Gasteiger partial charge in [-0.3, -0.25) is 4.79 Å². The minimum atomic E-state index is -4.78. The number of hydrogen-bond donors (Lipinski definition) is 2. The number of hydrogen-bond acceptors (Lipinski definition) is 6. The van der Waals surface area contributed by atoms with Gasteiger partial charge < -0.3 is 10.4 Å². The molecule has 0 spiro atoms. The van der Waals surface area contributed by atoms with Gasteiger partial charge in [0.15, 0.2) is 5.60 Å². The van der Waals surface area contributed by atoms with Gasteiger partial charge in [0, 0.05) is 11.3 Å². The lowest BCUT2D eigenvalue weighted by Gasteiger charge is -2.22. The minimum Gasteiger partial charge on any atom is -0.378 e. The van der Waals surface area contributed by atoms with Crippen molar-refractivity contribution in [3.8, 4) is 23.4 Å². The number of aromatic nitrogens is 3. The average Bonchev–Trinajstić information content (AvgIpc) is 3.20. The molecule has 1 heterocycles. The largest absolute Gasteiger partial charge is 0.417 e. The van der Waals surface area contributed by atoms with E-state index in [1.54, 1.807) is 24.3 Å². The van der Waals surface area contributed by atoms with Crippen LogP contribution in [0.5, 0.6) is 0 Å². The van der Waals surface area contributed by atoms with Gasteiger partial charge in [-0.25, -0.2) is 4.68 Å². The zero-order valence-corrected chi connectivity index (χ0v) is 16.6. The highest BCUT2D eigenvalue weighted by Gasteiger charge is 2.35.